The number of allylic oxidation sites excluding steroid dienone is 1. The van der Waals surface area contributed by atoms with Crippen molar-refractivity contribution in [3.63, 3.8) is 0 Å². The van der Waals surface area contributed by atoms with Crippen molar-refractivity contribution in [1.82, 2.24) is 4.90 Å². The lowest BCUT2D eigenvalue weighted by Crippen LogP contribution is -2.23. The molecule has 0 aromatic rings. The number of methoxy groups -OCH3 is 1. The molecule has 3 heteroatoms. The maximum atomic E-state index is 11.3. The molecule has 0 saturated carbocycles. The van der Waals surface area contributed by atoms with Crippen LogP contribution in [-0.4, -0.2) is 38.6 Å². The zero-order chi connectivity index (χ0) is 10.6. The molecule has 0 radical (unpaired) electrons. The van der Waals surface area contributed by atoms with E-state index in [0.29, 0.717) is 0 Å². The lowest BCUT2D eigenvalue weighted by Gasteiger charge is -2.22. The highest BCUT2D eigenvalue weighted by Gasteiger charge is 2.23. The molecule has 0 aromatic carbocycles. The largest absolute Gasteiger partial charge is 0.469 e. The highest BCUT2D eigenvalue weighted by atomic mass is 16.5. The SMILES string of the molecule is COC(=O)C1CCC=C(CN(C)C)C1. The van der Waals surface area contributed by atoms with Crippen LogP contribution in [0.1, 0.15) is 19.3 Å². The van der Waals surface area contributed by atoms with Gasteiger partial charge in [-0.1, -0.05) is 11.6 Å². The molecule has 1 rings (SSSR count). The van der Waals surface area contributed by atoms with E-state index in [1.54, 1.807) is 0 Å². The van der Waals surface area contributed by atoms with E-state index in [4.69, 9.17) is 4.74 Å². The van der Waals surface area contributed by atoms with Gasteiger partial charge in [0.2, 0.25) is 0 Å². The molecule has 0 aliphatic heterocycles. The Balaban J connectivity index is 2.49. The molecule has 0 bridgehead atoms. The van der Waals surface area contributed by atoms with Crippen LogP contribution in [0.5, 0.6) is 0 Å². The van der Waals surface area contributed by atoms with Gasteiger partial charge in [0.15, 0.2) is 0 Å². The smallest absolute Gasteiger partial charge is 0.308 e. The summed E-state index contributed by atoms with van der Waals surface area (Å²) in [5, 5.41) is 0. The van der Waals surface area contributed by atoms with Crippen molar-refractivity contribution in [3.8, 4) is 0 Å². The van der Waals surface area contributed by atoms with E-state index in [9.17, 15) is 4.79 Å². The molecule has 0 heterocycles. The number of esters is 1. The first-order valence-corrected chi connectivity index (χ1v) is 5.04. The Bertz CT molecular complexity index is 233. The van der Waals surface area contributed by atoms with E-state index in [1.807, 2.05) is 14.1 Å². The minimum atomic E-state index is -0.0608. The summed E-state index contributed by atoms with van der Waals surface area (Å²) in [6.07, 6.45) is 5.05. The Morgan fingerprint density at radius 3 is 2.93 bits per heavy atom. The Morgan fingerprint density at radius 2 is 2.36 bits per heavy atom. The van der Waals surface area contributed by atoms with Gasteiger partial charge in [-0.2, -0.15) is 0 Å². The molecule has 0 amide bonds. The topological polar surface area (TPSA) is 29.5 Å². The Kier molecular flexibility index (Phi) is 4.14. The van der Waals surface area contributed by atoms with Crippen LogP contribution in [0, 0.1) is 5.92 Å². The van der Waals surface area contributed by atoms with Crippen molar-refractivity contribution in [2.24, 2.45) is 5.92 Å². The van der Waals surface area contributed by atoms with Crippen LogP contribution < -0.4 is 0 Å². The average Bonchev–Trinajstić information content (AvgIpc) is 2.16. The third-order valence-electron chi connectivity index (χ3n) is 2.51. The van der Waals surface area contributed by atoms with Crippen molar-refractivity contribution in [1.29, 1.82) is 0 Å². The van der Waals surface area contributed by atoms with Crippen molar-refractivity contribution < 1.29 is 9.53 Å². The predicted octanol–water partition coefficient (Wildman–Crippen LogP) is 1.45. The summed E-state index contributed by atoms with van der Waals surface area (Å²) < 4.78 is 4.76. The number of carbonyl (C=O) groups is 1. The zero-order valence-electron chi connectivity index (χ0n) is 9.25. The highest BCUT2D eigenvalue weighted by Crippen LogP contribution is 2.25. The quantitative estimate of drug-likeness (QED) is 0.506. The van der Waals surface area contributed by atoms with Crippen LogP contribution in [0.25, 0.3) is 0 Å². The number of likely N-dealkylation sites (N-methyl/N-ethyl adjacent to an activating group) is 1. The second-order valence-electron chi connectivity index (χ2n) is 4.10. The molecular weight excluding hydrogens is 178 g/mol. The summed E-state index contributed by atoms with van der Waals surface area (Å²) in [4.78, 5) is 13.5. The number of carbonyl (C=O) groups excluding carboxylic acids is 1. The van der Waals surface area contributed by atoms with Crippen molar-refractivity contribution in [2.45, 2.75) is 19.3 Å². The maximum Gasteiger partial charge on any atom is 0.308 e. The van der Waals surface area contributed by atoms with Crippen LogP contribution >= 0.6 is 0 Å². The number of hydrogen-bond acceptors (Lipinski definition) is 3. The summed E-state index contributed by atoms with van der Waals surface area (Å²) >= 11 is 0. The van der Waals surface area contributed by atoms with Gasteiger partial charge in [-0.3, -0.25) is 4.79 Å². The lowest BCUT2D eigenvalue weighted by atomic mass is 9.89. The van der Waals surface area contributed by atoms with E-state index in [1.165, 1.54) is 12.7 Å². The van der Waals surface area contributed by atoms with E-state index in [0.717, 1.165) is 25.8 Å². The van der Waals surface area contributed by atoms with E-state index < -0.39 is 0 Å². The Morgan fingerprint density at radius 1 is 1.64 bits per heavy atom. The number of hydrogen-bond donors (Lipinski definition) is 0. The summed E-state index contributed by atoms with van der Waals surface area (Å²) in [6.45, 7) is 0.952. The fourth-order valence-corrected chi connectivity index (χ4v) is 1.89. The predicted molar refractivity (Wildman–Crippen MR) is 56.0 cm³/mol. The van der Waals surface area contributed by atoms with Crippen LogP contribution in [0.4, 0.5) is 0 Å². The molecule has 1 atom stereocenters. The second-order valence-corrected chi connectivity index (χ2v) is 4.10. The minimum Gasteiger partial charge on any atom is -0.469 e. The summed E-state index contributed by atoms with van der Waals surface area (Å²) in [5.41, 5.74) is 1.36. The fourth-order valence-electron chi connectivity index (χ4n) is 1.89. The molecule has 0 N–H and O–H groups in total. The summed E-state index contributed by atoms with van der Waals surface area (Å²) in [6, 6.07) is 0. The fraction of sp³-hybridized carbons (Fsp3) is 0.727. The molecule has 3 nitrogen and oxygen atoms in total. The van der Waals surface area contributed by atoms with Gasteiger partial charge in [-0.15, -0.1) is 0 Å². The molecule has 0 fully saturated rings. The maximum absolute atomic E-state index is 11.3. The highest BCUT2D eigenvalue weighted by molar-refractivity contribution is 5.72. The molecule has 1 unspecified atom stereocenters. The minimum absolute atomic E-state index is 0.0608. The lowest BCUT2D eigenvalue weighted by molar-refractivity contribution is -0.145. The van der Waals surface area contributed by atoms with Gasteiger partial charge in [0, 0.05) is 6.54 Å². The van der Waals surface area contributed by atoms with Gasteiger partial charge in [-0.05, 0) is 33.4 Å². The van der Waals surface area contributed by atoms with E-state index in [-0.39, 0.29) is 11.9 Å². The van der Waals surface area contributed by atoms with Crippen molar-refractivity contribution in [2.75, 3.05) is 27.7 Å². The van der Waals surface area contributed by atoms with E-state index >= 15 is 0 Å². The molecule has 1 aliphatic carbocycles. The van der Waals surface area contributed by atoms with Gasteiger partial charge in [0.1, 0.15) is 0 Å². The first-order valence-electron chi connectivity index (χ1n) is 5.04. The van der Waals surface area contributed by atoms with Gasteiger partial charge < -0.3 is 9.64 Å². The van der Waals surface area contributed by atoms with Gasteiger partial charge in [0.05, 0.1) is 13.0 Å². The van der Waals surface area contributed by atoms with Gasteiger partial charge >= 0.3 is 5.97 Å². The van der Waals surface area contributed by atoms with Crippen molar-refractivity contribution >= 4 is 5.97 Å². The van der Waals surface area contributed by atoms with Crippen LogP contribution in [0.3, 0.4) is 0 Å². The molecule has 0 spiro atoms. The summed E-state index contributed by atoms with van der Waals surface area (Å²) in [7, 11) is 5.55. The van der Waals surface area contributed by atoms with E-state index in [2.05, 4.69) is 11.0 Å². The third kappa shape index (κ3) is 3.14. The number of nitrogens with zero attached hydrogens (tertiary/aromatic N) is 1. The number of rotatable bonds is 3. The Labute approximate surface area is 85.7 Å². The normalized spacial score (nSPS) is 22.0. The van der Waals surface area contributed by atoms with Gasteiger partial charge in [0.25, 0.3) is 0 Å². The standard InChI is InChI=1S/C11H19NO2/c1-12(2)8-9-5-4-6-10(7-9)11(13)14-3/h5,10H,4,6-8H2,1-3H3. The number of ether oxygens (including phenoxy) is 1. The second kappa shape index (κ2) is 5.15. The van der Waals surface area contributed by atoms with Gasteiger partial charge in [-0.25, -0.2) is 0 Å². The zero-order valence-corrected chi connectivity index (χ0v) is 9.25. The molecule has 0 saturated heterocycles. The average molecular weight is 197 g/mol. The molecular formula is C11H19NO2. The Hall–Kier alpha value is -0.830. The third-order valence-corrected chi connectivity index (χ3v) is 2.51. The van der Waals surface area contributed by atoms with Crippen LogP contribution in [0.15, 0.2) is 11.6 Å². The van der Waals surface area contributed by atoms with Crippen LogP contribution in [-0.2, 0) is 9.53 Å². The monoisotopic (exact) mass is 197 g/mol. The molecule has 80 valence electrons. The molecule has 1 aliphatic rings. The first kappa shape index (κ1) is 11.2. The van der Waals surface area contributed by atoms with Crippen molar-refractivity contribution in [3.05, 3.63) is 11.6 Å². The molecule has 14 heavy (non-hydrogen) atoms. The molecule has 0 aromatic heterocycles. The summed E-state index contributed by atoms with van der Waals surface area (Å²) in [5.74, 6) is 0.0225. The van der Waals surface area contributed by atoms with Crippen LogP contribution in [0.2, 0.25) is 0 Å². The first-order chi connectivity index (χ1) is 6.63.